The molecule has 5 heteroatoms. The lowest BCUT2D eigenvalue weighted by Gasteiger charge is -2.58. The molecule has 0 bridgehead atoms. The summed E-state index contributed by atoms with van der Waals surface area (Å²) in [5.41, 5.74) is 3.38. The zero-order chi connectivity index (χ0) is 33.2. The second-order valence-corrected chi connectivity index (χ2v) is 16.1. The van der Waals surface area contributed by atoms with Crippen LogP contribution in [0.3, 0.4) is 0 Å². The quantitative estimate of drug-likeness (QED) is 0.112. The summed E-state index contributed by atoms with van der Waals surface area (Å²) in [6, 6.07) is 12.2. The highest BCUT2D eigenvalue weighted by Crippen LogP contribution is 2.67. The largest absolute Gasteiger partial charge is 0.459 e. The summed E-state index contributed by atoms with van der Waals surface area (Å²) < 4.78 is 11.4. The monoisotopic (exact) mass is 637 g/mol. The number of hydrogen-bond donors (Lipinski definition) is 0. The van der Waals surface area contributed by atoms with E-state index in [-0.39, 0.29) is 23.2 Å². The Labute approximate surface area is 282 Å². The van der Waals surface area contributed by atoms with Gasteiger partial charge >= 0.3 is 11.9 Å². The summed E-state index contributed by atoms with van der Waals surface area (Å²) in [6.45, 7) is 12.5. The average Bonchev–Trinajstić information content (AvgIpc) is 3.42. The van der Waals surface area contributed by atoms with Crippen molar-refractivity contribution in [3.8, 4) is 5.75 Å². The Balaban J connectivity index is 1.02. The van der Waals surface area contributed by atoms with Gasteiger partial charge in [-0.2, -0.15) is 0 Å². The molecule has 0 saturated heterocycles. The van der Waals surface area contributed by atoms with Crippen molar-refractivity contribution in [3.63, 3.8) is 0 Å². The number of pyridine rings is 1. The number of nitrogens with zero attached hydrogens (tertiary/aromatic N) is 1. The van der Waals surface area contributed by atoms with Crippen LogP contribution in [-0.4, -0.2) is 23.0 Å². The molecule has 47 heavy (non-hydrogen) atoms. The van der Waals surface area contributed by atoms with Crippen molar-refractivity contribution >= 4 is 18.0 Å². The van der Waals surface area contributed by atoms with Gasteiger partial charge in [0.25, 0.3) is 0 Å². The normalized spacial score (nSPS) is 32.2. The van der Waals surface area contributed by atoms with Gasteiger partial charge < -0.3 is 9.47 Å². The number of carbonyl (C=O) groups is 2. The molecule has 1 aromatic heterocycles. The van der Waals surface area contributed by atoms with E-state index in [1.807, 2.05) is 12.1 Å². The van der Waals surface area contributed by atoms with Crippen LogP contribution in [0.25, 0.3) is 6.08 Å². The predicted molar refractivity (Wildman–Crippen MR) is 188 cm³/mol. The lowest BCUT2D eigenvalue weighted by atomic mass is 9.47. The first-order chi connectivity index (χ1) is 22.6. The second-order valence-electron chi connectivity index (χ2n) is 16.1. The highest BCUT2D eigenvalue weighted by Gasteiger charge is 2.59. The molecule has 8 atom stereocenters. The third kappa shape index (κ3) is 7.15. The molecule has 3 fully saturated rings. The van der Waals surface area contributed by atoms with Crippen LogP contribution in [0.2, 0.25) is 0 Å². The summed E-state index contributed by atoms with van der Waals surface area (Å²) in [4.78, 5) is 29.1. The van der Waals surface area contributed by atoms with Gasteiger partial charge in [-0.15, -0.1) is 0 Å². The lowest BCUT2D eigenvalue weighted by Crippen LogP contribution is -2.51. The van der Waals surface area contributed by atoms with Crippen LogP contribution >= 0.6 is 0 Å². The van der Waals surface area contributed by atoms with Gasteiger partial charge in [0.1, 0.15) is 17.5 Å². The Bertz CT molecular complexity index is 1460. The van der Waals surface area contributed by atoms with Gasteiger partial charge in [-0.3, -0.25) is 0 Å². The summed E-state index contributed by atoms with van der Waals surface area (Å²) in [5, 5.41) is 0. The minimum Gasteiger partial charge on any atom is -0.459 e. The molecule has 0 aliphatic heterocycles. The Kier molecular flexibility index (Phi) is 10.1. The molecule has 252 valence electrons. The number of benzene rings is 1. The summed E-state index contributed by atoms with van der Waals surface area (Å²) >= 11 is 0. The zero-order valence-corrected chi connectivity index (χ0v) is 29.3. The van der Waals surface area contributed by atoms with Gasteiger partial charge in [0.2, 0.25) is 0 Å². The van der Waals surface area contributed by atoms with E-state index < -0.39 is 5.97 Å². The first-order valence-corrected chi connectivity index (χ1v) is 18.4. The van der Waals surface area contributed by atoms with Gasteiger partial charge in [0.15, 0.2) is 0 Å². The van der Waals surface area contributed by atoms with Gasteiger partial charge in [-0.25, -0.2) is 14.6 Å². The minimum absolute atomic E-state index is 0.0622. The molecule has 3 saturated carbocycles. The molecule has 6 rings (SSSR count). The molecule has 1 aromatic carbocycles. The summed E-state index contributed by atoms with van der Waals surface area (Å²) in [6.07, 6.45) is 21.2. The molecular formula is C42H55NO4. The van der Waals surface area contributed by atoms with Gasteiger partial charge in [-0.05, 0) is 127 Å². The van der Waals surface area contributed by atoms with Crippen LogP contribution in [0.4, 0.5) is 0 Å². The number of allylic oxidation sites excluding steroid dienone is 1. The van der Waals surface area contributed by atoms with Crippen LogP contribution in [-0.2, 0) is 9.53 Å². The molecule has 8 unspecified atom stereocenters. The minimum atomic E-state index is -0.503. The number of ether oxygens (including phenoxy) is 2. The van der Waals surface area contributed by atoms with Crippen LogP contribution in [0.5, 0.6) is 5.75 Å². The van der Waals surface area contributed by atoms with Crippen molar-refractivity contribution < 1.29 is 19.1 Å². The van der Waals surface area contributed by atoms with E-state index in [4.69, 9.17) is 9.47 Å². The van der Waals surface area contributed by atoms with E-state index >= 15 is 0 Å². The number of aromatic nitrogens is 1. The molecule has 0 amide bonds. The summed E-state index contributed by atoms with van der Waals surface area (Å²) in [5.74, 6) is 4.59. The first-order valence-electron chi connectivity index (χ1n) is 18.4. The van der Waals surface area contributed by atoms with Gasteiger partial charge in [0, 0.05) is 18.7 Å². The molecule has 0 N–H and O–H groups in total. The fourth-order valence-corrected chi connectivity index (χ4v) is 10.4. The zero-order valence-electron chi connectivity index (χ0n) is 29.3. The van der Waals surface area contributed by atoms with Crippen molar-refractivity contribution in [1.82, 2.24) is 4.98 Å². The third-order valence-electron chi connectivity index (χ3n) is 12.9. The van der Waals surface area contributed by atoms with Crippen LogP contribution < -0.4 is 4.74 Å². The van der Waals surface area contributed by atoms with Crippen LogP contribution in [0.15, 0.2) is 66.4 Å². The van der Waals surface area contributed by atoms with Crippen molar-refractivity contribution in [1.29, 1.82) is 0 Å². The number of fused-ring (bicyclic) bond motifs is 5. The third-order valence-corrected chi connectivity index (χ3v) is 12.9. The van der Waals surface area contributed by atoms with Crippen molar-refractivity contribution in [3.05, 3.63) is 77.6 Å². The molecule has 0 radical (unpaired) electrons. The molecule has 2 aromatic rings. The predicted octanol–water partition coefficient (Wildman–Crippen LogP) is 10.3. The van der Waals surface area contributed by atoms with Crippen molar-refractivity contribution in [2.24, 2.45) is 46.3 Å². The highest BCUT2D eigenvalue weighted by atomic mass is 16.5. The SMILES string of the molecule is CC(C)CCCC(C)C1CCC2C3CC=C4CC(OC(=O)C=Cc5ccc(OC(=O)c6ccccn6)cc5)CCC4(C)C3CCC12C. The Morgan fingerprint density at radius 3 is 2.51 bits per heavy atom. The standard InChI is InChI=1S/C42H55NO4/c1-28(2)9-8-10-29(3)35-19-20-36-34-18-15-31-27-33(22-24-41(31,4)37(34)23-25-42(35,36)5)46-39(44)21-14-30-12-16-32(17-13-30)47-40(45)38-11-6-7-26-43-38/h6-7,11-17,21,26,28-29,33-37H,8-10,18-20,22-25,27H2,1-5H3. The fourth-order valence-electron chi connectivity index (χ4n) is 10.4. The van der Waals surface area contributed by atoms with Crippen LogP contribution in [0, 0.1) is 46.3 Å². The number of hydrogen-bond acceptors (Lipinski definition) is 5. The number of rotatable bonds is 10. The molecular weight excluding hydrogens is 582 g/mol. The van der Waals surface area contributed by atoms with Gasteiger partial charge in [-0.1, -0.05) is 83.7 Å². The maximum atomic E-state index is 12.9. The number of carbonyl (C=O) groups excluding carboxylic acids is 2. The Morgan fingerprint density at radius 1 is 0.957 bits per heavy atom. The van der Waals surface area contributed by atoms with Crippen LogP contribution in [0.1, 0.15) is 121 Å². The fraction of sp³-hybridized carbons (Fsp3) is 0.595. The van der Waals surface area contributed by atoms with Gasteiger partial charge in [0.05, 0.1) is 0 Å². The Morgan fingerprint density at radius 2 is 1.77 bits per heavy atom. The van der Waals surface area contributed by atoms with E-state index in [0.717, 1.165) is 60.3 Å². The van der Waals surface area contributed by atoms with Crippen molar-refractivity contribution in [2.75, 3.05) is 0 Å². The molecule has 4 aliphatic rings. The first kappa shape index (κ1) is 33.7. The highest BCUT2D eigenvalue weighted by molar-refractivity contribution is 5.89. The summed E-state index contributed by atoms with van der Waals surface area (Å²) in [7, 11) is 0. The molecule has 5 nitrogen and oxygen atoms in total. The van der Waals surface area contributed by atoms with E-state index in [0.29, 0.717) is 11.2 Å². The van der Waals surface area contributed by atoms with E-state index in [1.54, 1.807) is 48.2 Å². The number of esters is 2. The van der Waals surface area contributed by atoms with E-state index in [1.165, 1.54) is 57.4 Å². The van der Waals surface area contributed by atoms with Crippen molar-refractivity contribution in [2.45, 2.75) is 111 Å². The van der Waals surface area contributed by atoms with E-state index in [2.05, 4.69) is 45.7 Å². The second kappa shape index (κ2) is 14.1. The maximum absolute atomic E-state index is 12.9. The average molecular weight is 638 g/mol. The van der Waals surface area contributed by atoms with E-state index in [9.17, 15) is 9.59 Å². The lowest BCUT2D eigenvalue weighted by molar-refractivity contribution is -0.145. The Hall–Kier alpha value is -3.21. The molecule has 4 aliphatic carbocycles. The maximum Gasteiger partial charge on any atom is 0.362 e. The molecule has 1 heterocycles. The smallest absolute Gasteiger partial charge is 0.362 e. The molecule has 0 spiro atoms. The topological polar surface area (TPSA) is 65.5 Å².